The molecule has 1 aromatic carbocycles. The Labute approximate surface area is 111 Å². The van der Waals surface area contributed by atoms with E-state index in [-0.39, 0.29) is 0 Å². The molecule has 98 valence electrons. The number of rotatable bonds is 5. The van der Waals surface area contributed by atoms with E-state index in [0.717, 1.165) is 17.9 Å². The Balaban J connectivity index is 1.70. The molecule has 2 saturated carbocycles. The topological polar surface area (TPSA) is 12.0 Å². The number of hydrogen-bond donors (Lipinski definition) is 1. The van der Waals surface area contributed by atoms with Gasteiger partial charge in [0, 0.05) is 12.1 Å². The molecule has 0 amide bonds. The Hall–Kier alpha value is -0.820. The van der Waals surface area contributed by atoms with Gasteiger partial charge in [0.05, 0.1) is 0 Å². The van der Waals surface area contributed by atoms with Crippen molar-refractivity contribution in [3.63, 3.8) is 0 Å². The van der Waals surface area contributed by atoms with Crippen LogP contribution in [0, 0.1) is 25.7 Å². The van der Waals surface area contributed by atoms with Crippen molar-refractivity contribution in [2.45, 2.75) is 58.5 Å². The van der Waals surface area contributed by atoms with E-state index in [1.807, 2.05) is 0 Å². The summed E-state index contributed by atoms with van der Waals surface area (Å²) in [5.74, 6) is 1.96. The van der Waals surface area contributed by atoms with Gasteiger partial charge in [0.1, 0.15) is 0 Å². The molecule has 18 heavy (non-hydrogen) atoms. The van der Waals surface area contributed by atoms with Gasteiger partial charge in [-0.15, -0.1) is 0 Å². The molecule has 0 aromatic heterocycles. The molecule has 1 unspecified atom stereocenters. The minimum absolute atomic E-state index is 0.495. The largest absolute Gasteiger partial charge is 0.307 e. The van der Waals surface area contributed by atoms with Crippen molar-refractivity contribution in [1.29, 1.82) is 0 Å². The third kappa shape index (κ3) is 2.77. The van der Waals surface area contributed by atoms with E-state index in [0.29, 0.717) is 6.04 Å². The normalized spacial score (nSPS) is 21.3. The first-order chi connectivity index (χ1) is 8.63. The molecule has 2 aliphatic rings. The minimum atomic E-state index is 0.495. The Morgan fingerprint density at radius 1 is 0.944 bits per heavy atom. The number of nitrogens with one attached hydrogen (secondary N) is 1. The van der Waals surface area contributed by atoms with Crippen LogP contribution < -0.4 is 5.32 Å². The van der Waals surface area contributed by atoms with Crippen LogP contribution in [0.25, 0.3) is 0 Å². The van der Waals surface area contributed by atoms with Crippen LogP contribution in [0.3, 0.4) is 0 Å². The molecule has 1 aromatic rings. The fourth-order valence-corrected chi connectivity index (χ4v) is 3.21. The van der Waals surface area contributed by atoms with Gasteiger partial charge in [-0.05, 0) is 63.9 Å². The van der Waals surface area contributed by atoms with Crippen LogP contribution in [0.15, 0.2) is 18.2 Å². The summed E-state index contributed by atoms with van der Waals surface area (Å²) < 4.78 is 0. The van der Waals surface area contributed by atoms with E-state index < -0.39 is 0 Å². The van der Waals surface area contributed by atoms with E-state index in [1.54, 1.807) is 0 Å². The van der Waals surface area contributed by atoms with Gasteiger partial charge in [-0.25, -0.2) is 0 Å². The molecular weight excluding hydrogens is 218 g/mol. The van der Waals surface area contributed by atoms with E-state index in [9.17, 15) is 0 Å². The number of benzene rings is 1. The number of hydrogen-bond acceptors (Lipinski definition) is 1. The van der Waals surface area contributed by atoms with Crippen LogP contribution in [-0.4, -0.2) is 6.04 Å². The first-order valence-corrected chi connectivity index (χ1v) is 7.48. The Morgan fingerprint density at radius 2 is 1.44 bits per heavy atom. The molecule has 2 fully saturated rings. The zero-order valence-electron chi connectivity index (χ0n) is 11.9. The van der Waals surface area contributed by atoms with E-state index in [2.05, 4.69) is 44.3 Å². The predicted octanol–water partition coefficient (Wildman–Crippen LogP) is 4.14. The van der Waals surface area contributed by atoms with Crippen LogP contribution >= 0.6 is 0 Å². The number of aryl methyl sites for hydroxylation is 2. The molecule has 0 radical (unpaired) electrons. The molecule has 1 nitrogen and oxygen atoms in total. The maximum atomic E-state index is 3.91. The minimum Gasteiger partial charge on any atom is -0.307 e. The van der Waals surface area contributed by atoms with E-state index in [1.165, 1.54) is 42.4 Å². The quantitative estimate of drug-likeness (QED) is 0.819. The SMILES string of the molecule is Cc1cc(C)cc(C(C)NC(C2CC2)C2CC2)c1. The molecule has 0 heterocycles. The molecule has 1 atom stereocenters. The molecular formula is C17H25N. The smallest absolute Gasteiger partial charge is 0.0294 e. The van der Waals surface area contributed by atoms with Crippen molar-refractivity contribution in [2.75, 3.05) is 0 Å². The summed E-state index contributed by atoms with van der Waals surface area (Å²) in [5.41, 5.74) is 4.22. The summed E-state index contributed by atoms with van der Waals surface area (Å²) >= 11 is 0. The van der Waals surface area contributed by atoms with E-state index >= 15 is 0 Å². The summed E-state index contributed by atoms with van der Waals surface area (Å²) in [6.45, 7) is 6.72. The predicted molar refractivity (Wildman–Crippen MR) is 76.7 cm³/mol. The molecule has 0 spiro atoms. The highest BCUT2D eigenvalue weighted by Crippen LogP contribution is 2.45. The molecule has 1 heteroatoms. The summed E-state index contributed by atoms with van der Waals surface area (Å²) in [6.07, 6.45) is 5.81. The lowest BCUT2D eigenvalue weighted by atomic mass is 10.00. The van der Waals surface area contributed by atoms with Gasteiger partial charge in [0.15, 0.2) is 0 Å². The highest BCUT2D eigenvalue weighted by atomic mass is 15.0. The van der Waals surface area contributed by atoms with Crippen LogP contribution in [0.1, 0.15) is 55.3 Å². The Bertz CT molecular complexity index is 397. The summed E-state index contributed by atoms with van der Waals surface area (Å²) in [7, 11) is 0. The van der Waals surface area contributed by atoms with Crippen LogP contribution in [0.5, 0.6) is 0 Å². The third-order valence-electron chi connectivity index (χ3n) is 4.45. The van der Waals surface area contributed by atoms with Crippen LogP contribution in [-0.2, 0) is 0 Å². The second-order valence-electron chi connectivity index (χ2n) is 6.51. The lowest BCUT2D eigenvalue weighted by Crippen LogP contribution is -2.35. The maximum absolute atomic E-state index is 3.91. The fraction of sp³-hybridized carbons (Fsp3) is 0.647. The van der Waals surface area contributed by atoms with E-state index in [4.69, 9.17) is 0 Å². The fourth-order valence-electron chi connectivity index (χ4n) is 3.21. The zero-order chi connectivity index (χ0) is 12.7. The maximum Gasteiger partial charge on any atom is 0.0294 e. The Morgan fingerprint density at radius 3 is 1.89 bits per heavy atom. The molecule has 3 rings (SSSR count). The van der Waals surface area contributed by atoms with Gasteiger partial charge in [-0.2, -0.15) is 0 Å². The van der Waals surface area contributed by atoms with Crippen molar-refractivity contribution in [3.05, 3.63) is 34.9 Å². The van der Waals surface area contributed by atoms with Gasteiger partial charge < -0.3 is 5.32 Å². The average molecular weight is 243 g/mol. The lowest BCUT2D eigenvalue weighted by Gasteiger charge is -2.24. The highest BCUT2D eigenvalue weighted by molar-refractivity contribution is 5.30. The van der Waals surface area contributed by atoms with Crippen molar-refractivity contribution in [3.8, 4) is 0 Å². The van der Waals surface area contributed by atoms with Crippen molar-refractivity contribution >= 4 is 0 Å². The average Bonchev–Trinajstić information content (AvgIpc) is 3.14. The van der Waals surface area contributed by atoms with Crippen molar-refractivity contribution < 1.29 is 0 Å². The van der Waals surface area contributed by atoms with Crippen LogP contribution in [0.4, 0.5) is 0 Å². The molecule has 0 aliphatic heterocycles. The van der Waals surface area contributed by atoms with Gasteiger partial charge in [0.25, 0.3) is 0 Å². The molecule has 2 aliphatic carbocycles. The summed E-state index contributed by atoms with van der Waals surface area (Å²) in [6, 6.07) is 8.22. The monoisotopic (exact) mass is 243 g/mol. The third-order valence-corrected chi connectivity index (χ3v) is 4.45. The zero-order valence-corrected chi connectivity index (χ0v) is 11.9. The van der Waals surface area contributed by atoms with Crippen molar-refractivity contribution in [1.82, 2.24) is 5.32 Å². The summed E-state index contributed by atoms with van der Waals surface area (Å²) in [4.78, 5) is 0. The first-order valence-electron chi connectivity index (χ1n) is 7.48. The highest BCUT2D eigenvalue weighted by Gasteiger charge is 2.41. The first kappa shape index (κ1) is 12.2. The molecule has 1 N–H and O–H groups in total. The van der Waals surface area contributed by atoms with Gasteiger partial charge in [-0.1, -0.05) is 29.3 Å². The standard InChI is InChI=1S/C17H25N/c1-11-8-12(2)10-16(9-11)13(3)18-17(14-4-5-14)15-6-7-15/h8-10,13-15,17-18H,4-7H2,1-3H3. The molecule has 0 bridgehead atoms. The second-order valence-corrected chi connectivity index (χ2v) is 6.51. The van der Waals surface area contributed by atoms with Crippen LogP contribution in [0.2, 0.25) is 0 Å². The second kappa shape index (κ2) is 4.70. The molecule has 0 saturated heterocycles. The van der Waals surface area contributed by atoms with Gasteiger partial charge in [0.2, 0.25) is 0 Å². The lowest BCUT2D eigenvalue weighted by molar-refractivity contribution is 0.377. The summed E-state index contributed by atoms with van der Waals surface area (Å²) in [5, 5.41) is 3.91. The van der Waals surface area contributed by atoms with Gasteiger partial charge >= 0.3 is 0 Å². The Kier molecular flexibility index (Phi) is 3.19. The van der Waals surface area contributed by atoms with Crippen molar-refractivity contribution in [2.24, 2.45) is 11.8 Å². The van der Waals surface area contributed by atoms with Gasteiger partial charge in [-0.3, -0.25) is 0 Å².